The molecule has 0 fully saturated rings. The second kappa shape index (κ2) is 5.05. The van der Waals surface area contributed by atoms with E-state index in [1.807, 2.05) is 37.3 Å². The first-order valence-corrected chi connectivity index (χ1v) is 8.73. The number of benzene rings is 1. The third kappa shape index (κ3) is 1.83. The third-order valence-electron chi connectivity index (χ3n) is 5.58. The summed E-state index contributed by atoms with van der Waals surface area (Å²) in [5.74, 6) is 0.293. The lowest BCUT2D eigenvalue weighted by molar-refractivity contribution is -0.0172. The second-order valence-electron chi connectivity index (χ2n) is 6.93. The molecule has 0 amide bonds. The van der Waals surface area contributed by atoms with Crippen LogP contribution in [0, 0.1) is 0 Å². The molecular formula is C21H18N2O3. The van der Waals surface area contributed by atoms with Crippen molar-refractivity contribution in [3.05, 3.63) is 75.8 Å². The molecular weight excluding hydrogens is 328 g/mol. The average Bonchev–Trinajstić information content (AvgIpc) is 3.01. The average molecular weight is 346 g/mol. The molecule has 1 N–H and O–H groups in total. The molecule has 5 rings (SSSR count). The standard InChI is InChI=1S/C21H18N2O3/c1-3-21(25)12(2)26-11-15-16(21)9-18-19-14(10-23(18)20(15)24)8-13-6-4-5-7-17(13)22-19/h4-9,25H,2-3,10-11H2,1H3/t21-/m0/s1. The molecule has 0 unspecified atom stereocenters. The number of aromatic nitrogens is 2. The Morgan fingerprint density at radius 2 is 2.15 bits per heavy atom. The fourth-order valence-corrected chi connectivity index (χ4v) is 4.04. The number of aliphatic hydroxyl groups is 1. The fourth-order valence-electron chi connectivity index (χ4n) is 4.04. The van der Waals surface area contributed by atoms with E-state index in [4.69, 9.17) is 9.72 Å². The molecule has 5 heteroatoms. The molecule has 0 saturated heterocycles. The van der Waals surface area contributed by atoms with Gasteiger partial charge in [-0.25, -0.2) is 4.98 Å². The number of nitrogens with zero attached hydrogens (tertiary/aromatic N) is 2. The molecule has 0 radical (unpaired) electrons. The van der Waals surface area contributed by atoms with Gasteiger partial charge in [0.15, 0.2) is 0 Å². The van der Waals surface area contributed by atoms with Crippen LogP contribution in [-0.4, -0.2) is 14.7 Å². The lowest BCUT2D eigenvalue weighted by atomic mass is 9.84. The van der Waals surface area contributed by atoms with Gasteiger partial charge in [-0.3, -0.25) is 4.79 Å². The summed E-state index contributed by atoms with van der Waals surface area (Å²) >= 11 is 0. The number of hydrogen-bond acceptors (Lipinski definition) is 4. The first kappa shape index (κ1) is 15.3. The van der Waals surface area contributed by atoms with Gasteiger partial charge in [-0.2, -0.15) is 0 Å². The zero-order chi connectivity index (χ0) is 18.1. The largest absolute Gasteiger partial charge is 0.490 e. The predicted octanol–water partition coefficient (Wildman–Crippen LogP) is 3.07. The smallest absolute Gasteiger partial charge is 0.258 e. The Morgan fingerprint density at radius 1 is 1.35 bits per heavy atom. The van der Waals surface area contributed by atoms with Gasteiger partial charge >= 0.3 is 0 Å². The Bertz CT molecular complexity index is 1160. The van der Waals surface area contributed by atoms with Gasteiger partial charge < -0.3 is 14.4 Å². The fraction of sp³-hybridized carbons (Fsp3) is 0.238. The minimum absolute atomic E-state index is 0.126. The van der Waals surface area contributed by atoms with Crippen LogP contribution in [-0.2, 0) is 23.5 Å². The summed E-state index contributed by atoms with van der Waals surface area (Å²) in [4.78, 5) is 17.9. The maximum absolute atomic E-state index is 13.1. The SMILES string of the molecule is C=C1OCc2c(cc3n(c2=O)Cc2cc4ccccc4nc2-3)[C@]1(O)CC. The predicted molar refractivity (Wildman–Crippen MR) is 98.7 cm³/mol. The topological polar surface area (TPSA) is 64.4 Å². The molecule has 0 bridgehead atoms. The first-order chi connectivity index (χ1) is 12.5. The highest BCUT2D eigenvalue weighted by Crippen LogP contribution is 2.41. The highest BCUT2D eigenvalue weighted by Gasteiger charge is 2.41. The number of pyridine rings is 2. The van der Waals surface area contributed by atoms with Crippen molar-refractivity contribution in [3.8, 4) is 11.4 Å². The van der Waals surface area contributed by atoms with Gasteiger partial charge in [0.2, 0.25) is 0 Å². The van der Waals surface area contributed by atoms with Crippen LogP contribution >= 0.6 is 0 Å². The molecule has 0 saturated carbocycles. The van der Waals surface area contributed by atoms with E-state index in [0.29, 0.717) is 29.9 Å². The van der Waals surface area contributed by atoms with Crippen LogP contribution in [0.2, 0.25) is 0 Å². The minimum atomic E-state index is -1.35. The Labute approximate surface area is 150 Å². The summed E-state index contributed by atoms with van der Waals surface area (Å²) in [6.45, 7) is 6.33. The van der Waals surface area contributed by atoms with Gasteiger partial charge in [-0.1, -0.05) is 31.7 Å². The summed E-state index contributed by atoms with van der Waals surface area (Å²) in [5.41, 5.74) is 3.08. The summed E-state index contributed by atoms with van der Waals surface area (Å²) in [7, 11) is 0. The Balaban J connectivity index is 1.81. The van der Waals surface area contributed by atoms with E-state index in [1.54, 1.807) is 4.57 Å². The van der Waals surface area contributed by atoms with Crippen LogP contribution in [0.5, 0.6) is 0 Å². The molecule has 3 aromatic rings. The van der Waals surface area contributed by atoms with Gasteiger partial charge in [0.1, 0.15) is 18.0 Å². The maximum Gasteiger partial charge on any atom is 0.258 e. The number of para-hydroxylation sites is 1. The van der Waals surface area contributed by atoms with Crippen molar-refractivity contribution in [1.29, 1.82) is 0 Å². The van der Waals surface area contributed by atoms with Crippen molar-refractivity contribution >= 4 is 10.9 Å². The van der Waals surface area contributed by atoms with Crippen LogP contribution in [0.25, 0.3) is 22.3 Å². The molecule has 1 aromatic carbocycles. The Kier molecular flexibility index (Phi) is 2.98. The van der Waals surface area contributed by atoms with Gasteiger partial charge in [-0.05, 0) is 24.6 Å². The van der Waals surface area contributed by atoms with Crippen molar-refractivity contribution in [2.75, 3.05) is 0 Å². The molecule has 2 aromatic heterocycles. The quantitative estimate of drug-likeness (QED) is 0.575. The van der Waals surface area contributed by atoms with Crippen molar-refractivity contribution in [2.24, 2.45) is 0 Å². The summed E-state index contributed by atoms with van der Waals surface area (Å²) < 4.78 is 7.24. The normalized spacial score (nSPS) is 20.5. The molecule has 2 aliphatic rings. The van der Waals surface area contributed by atoms with Crippen LogP contribution in [0.4, 0.5) is 0 Å². The summed E-state index contributed by atoms with van der Waals surface area (Å²) in [6, 6.07) is 11.9. The van der Waals surface area contributed by atoms with E-state index in [2.05, 4.69) is 12.6 Å². The van der Waals surface area contributed by atoms with E-state index in [-0.39, 0.29) is 12.2 Å². The van der Waals surface area contributed by atoms with E-state index < -0.39 is 5.60 Å². The van der Waals surface area contributed by atoms with Crippen molar-refractivity contribution in [1.82, 2.24) is 9.55 Å². The highest BCUT2D eigenvalue weighted by molar-refractivity contribution is 5.84. The van der Waals surface area contributed by atoms with Gasteiger partial charge in [0.25, 0.3) is 5.56 Å². The first-order valence-electron chi connectivity index (χ1n) is 8.73. The molecule has 130 valence electrons. The summed E-state index contributed by atoms with van der Waals surface area (Å²) in [6.07, 6.45) is 0.389. The van der Waals surface area contributed by atoms with E-state index >= 15 is 0 Å². The zero-order valence-electron chi connectivity index (χ0n) is 14.5. The molecule has 5 nitrogen and oxygen atoms in total. The molecule has 26 heavy (non-hydrogen) atoms. The van der Waals surface area contributed by atoms with Crippen LogP contribution in [0.3, 0.4) is 0 Å². The van der Waals surface area contributed by atoms with Crippen molar-refractivity contribution < 1.29 is 9.84 Å². The third-order valence-corrected chi connectivity index (χ3v) is 5.58. The van der Waals surface area contributed by atoms with E-state index in [0.717, 1.165) is 27.9 Å². The van der Waals surface area contributed by atoms with Crippen LogP contribution < -0.4 is 5.56 Å². The number of rotatable bonds is 1. The maximum atomic E-state index is 13.1. The highest BCUT2D eigenvalue weighted by atomic mass is 16.5. The lowest BCUT2D eigenvalue weighted by Gasteiger charge is -2.35. The molecule has 0 aliphatic carbocycles. The zero-order valence-corrected chi connectivity index (χ0v) is 14.5. The number of fused-ring (bicyclic) bond motifs is 5. The molecule has 1 atom stereocenters. The lowest BCUT2D eigenvalue weighted by Crippen LogP contribution is -2.38. The van der Waals surface area contributed by atoms with Crippen molar-refractivity contribution in [3.63, 3.8) is 0 Å². The summed E-state index contributed by atoms with van der Waals surface area (Å²) in [5, 5.41) is 12.1. The van der Waals surface area contributed by atoms with Crippen molar-refractivity contribution in [2.45, 2.75) is 32.1 Å². The van der Waals surface area contributed by atoms with Crippen LogP contribution in [0.15, 0.2) is 53.5 Å². The van der Waals surface area contributed by atoms with Crippen LogP contribution in [0.1, 0.15) is 30.0 Å². The van der Waals surface area contributed by atoms with Gasteiger partial charge in [0, 0.05) is 16.5 Å². The minimum Gasteiger partial charge on any atom is -0.490 e. The van der Waals surface area contributed by atoms with Gasteiger partial charge in [-0.15, -0.1) is 0 Å². The molecule has 2 aliphatic heterocycles. The van der Waals surface area contributed by atoms with Gasteiger partial charge in [0.05, 0.1) is 29.0 Å². The molecule has 0 spiro atoms. The second-order valence-corrected chi connectivity index (χ2v) is 6.93. The molecule has 4 heterocycles. The monoisotopic (exact) mass is 346 g/mol. The van der Waals surface area contributed by atoms with E-state index in [1.165, 1.54) is 0 Å². The Hall–Kier alpha value is -2.92. The number of ether oxygens (including phenoxy) is 1. The number of hydrogen-bond donors (Lipinski definition) is 1. The van der Waals surface area contributed by atoms with E-state index in [9.17, 15) is 9.90 Å². The Morgan fingerprint density at radius 3 is 2.96 bits per heavy atom.